The van der Waals surface area contributed by atoms with Crippen molar-refractivity contribution in [2.24, 2.45) is 0 Å². The smallest absolute Gasteiger partial charge is 0.230 e. The second-order valence-electron chi connectivity index (χ2n) is 6.72. The van der Waals surface area contributed by atoms with Crippen LogP contribution < -0.4 is 10.6 Å². The molecule has 0 bridgehead atoms. The van der Waals surface area contributed by atoms with Gasteiger partial charge in [-0.25, -0.2) is 0 Å². The maximum absolute atomic E-state index is 12.6. The van der Waals surface area contributed by atoms with Gasteiger partial charge in [-0.2, -0.15) is 0 Å². The fourth-order valence-corrected chi connectivity index (χ4v) is 3.27. The average molecular weight is 365 g/mol. The molecule has 3 aromatic rings. The van der Waals surface area contributed by atoms with Crippen molar-refractivity contribution in [2.45, 2.75) is 40.5 Å². The van der Waals surface area contributed by atoms with E-state index in [9.17, 15) is 9.59 Å². The van der Waals surface area contributed by atoms with E-state index in [1.165, 1.54) is 6.92 Å². The molecule has 1 heterocycles. The standard InChI is InChI=1S/C21H23N3O3/c1-5-15-6-7-16(22-14(4)25)10-17(15)23-20(26)11-18-21-13(3)8-12(2)9-19(21)27-24-18/h6-10H,5,11H2,1-4H3,(H,22,25)(H,23,26). The number of rotatable bonds is 5. The van der Waals surface area contributed by atoms with Gasteiger partial charge in [0.1, 0.15) is 5.69 Å². The van der Waals surface area contributed by atoms with Crippen molar-refractivity contribution in [1.82, 2.24) is 5.16 Å². The summed E-state index contributed by atoms with van der Waals surface area (Å²) in [5, 5.41) is 10.6. The molecule has 0 spiro atoms. The van der Waals surface area contributed by atoms with Crippen LogP contribution >= 0.6 is 0 Å². The largest absolute Gasteiger partial charge is 0.356 e. The monoisotopic (exact) mass is 365 g/mol. The van der Waals surface area contributed by atoms with Crippen LogP contribution in [0.4, 0.5) is 11.4 Å². The van der Waals surface area contributed by atoms with E-state index in [-0.39, 0.29) is 18.2 Å². The number of aromatic nitrogens is 1. The Bertz CT molecular complexity index is 1020. The molecular formula is C21H23N3O3. The zero-order valence-electron chi connectivity index (χ0n) is 16.0. The van der Waals surface area contributed by atoms with Crippen LogP contribution in [0, 0.1) is 13.8 Å². The molecule has 0 unspecified atom stereocenters. The molecule has 1 aromatic heterocycles. The van der Waals surface area contributed by atoms with Crippen molar-refractivity contribution < 1.29 is 14.1 Å². The van der Waals surface area contributed by atoms with Crippen LogP contribution in [0.15, 0.2) is 34.9 Å². The Morgan fingerprint density at radius 2 is 1.89 bits per heavy atom. The van der Waals surface area contributed by atoms with E-state index >= 15 is 0 Å². The van der Waals surface area contributed by atoms with Gasteiger partial charge in [0.05, 0.1) is 6.42 Å². The van der Waals surface area contributed by atoms with Gasteiger partial charge in [0.2, 0.25) is 11.8 Å². The first-order valence-electron chi connectivity index (χ1n) is 8.93. The third-order valence-electron chi connectivity index (χ3n) is 4.40. The number of nitrogens with one attached hydrogen (secondary N) is 2. The lowest BCUT2D eigenvalue weighted by atomic mass is 10.0. The number of carbonyl (C=O) groups is 2. The van der Waals surface area contributed by atoms with Gasteiger partial charge in [-0.15, -0.1) is 0 Å². The number of nitrogens with zero attached hydrogens (tertiary/aromatic N) is 1. The molecule has 6 nitrogen and oxygen atoms in total. The second-order valence-corrected chi connectivity index (χ2v) is 6.72. The molecule has 0 aliphatic carbocycles. The summed E-state index contributed by atoms with van der Waals surface area (Å²) in [6.07, 6.45) is 0.881. The second kappa shape index (κ2) is 7.61. The molecular weight excluding hydrogens is 342 g/mol. The lowest BCUT2D eigenvalue weighted by Gasteiger charge is -2.12. The highest BCUT2D eigenvalue weighted by Gasteiger charge is 2.16. The van der Waals surface area contributed by atoms with Crippen molar-refractivity contribution in [2.75, 3.05) is 10.6 Å². The highest BCUT2D eigenvalue weighted by atomic mass is 16.5. The lowest BCUT2D eigenvalue weighted by molar-refractivity contribution is -0.116. The van der Waals surface area contributed by atoms with Crippen LogP contribution in [0.5, 0.6) is 0 Å². The highest BCUT2D eigenvalue weighted by molar-refractivity contribution is 5.97. The van der Waals surface area contributed by atoms with Crippen molar-refractivity contribution in [1.29, 1.82) is 0 Å². The average Bonchev–Trinajstić information content (AvgIpc) is 2.97. The van der Waals surface area contributed by atoms with E-state index in [0.29, 0.717) is 22.7 Å². The number of benzene rings is 2. The first-order chi connectivity index (χ1) is 12.9. The zero-order valence-corrected chi connectivity index (χ0v) is 16.0. The molecule has 0 saturated heterocycles. The number of aryl methyl sites for hydroxylation is 3. The Kier molecular flexibility index (Phi) is 5.26. The minimum atomic E-state index is -0.181. The van der Waals surface area contributed by atoms with Gasteiger partial charge < -0.3 is 15.2 Å². The number of anilines is 2. The molecule has 6 heteroatoms. The molecule has 0 aliphatic rings. The van der Waals surface area contributed by atoms with E-state index in [4.69, 9.17) is 4.52 Å². The summed E-state index contributed by atoms with van der Waals surface area (Å²) in [6.45, 7) is 7.45. The maximum atomic E-state index is 12.6. The first kappa shape index (κ1) is 18.6. The summed E-state index contributed by atoms with van der Waals surface area (Å²) in [6, 6.07) is 9.47. The topological polar surface area (TPSA) is 84.2 Å². The van der Waals surface area contributed by atoms with Crippen LogP contribution in [0.25, 0.3) is 11.0 Å². The highest BCUT2D eigenvalue weighted by Crippen LogP contribution is 2.26. The fraction of sp³-hybridized carbons (Fsp3) is 0.286. The van der Waals surface area contributed by atoms with Gasteiger partial charge in [0, 0.05) is 23.7 Å². The Morgan fingerprint density at radius 1 is 1.11 bits per heavy atom. The third-order valence-corrected chi connectivity index (χ3v) is 4.40. The van der Waals surface area contributed by atoms with Crippen LogP contribution in [-0.2, 0) is 22.4 Å². The molecule has 27 heavy (non-hydrogen) atoms. The lowest BCUT2D eigenvalue weighted by Crippen LogP contribution is -2.16. The van der Waals surface area contributed by atoms with E-state index in [1.54, 1.807) is 6.07 Å². The van der Waals surface area contributed by atoms with Crippen LogP contribution in [0.3, 0.4) is 0 Å². The number of fused-ring (bicyclic) bond motifs is 1. The molecule has 140 valence electrons. The minimum absolute atomic E-state index is 0.115. The summed E-state index contributed by atoms with van der Waals surface area (Å²) in [5.41, 5.74) is 5.77. The molecule has 0 aliphatic heterocycles. The van der Waals surface area contributed by atoms with Crippen LogP contribution in [0.2, 0.25) is 0 Å². The van der Waals surface area contributed by atoms with Gasteiger partial charge in [0.15, 0.2) is 5.58 Å². The van der Waals surface area contributed by atoms with Crippen LogP contribution in [0.1, 0.15) is 36.2 Å². The molecule has 0 saturated carbocycles. The first-order valence-corrected chi connectivity index (χ1v) is 8.93. The van der Waals surface area contributed by atoms with Crippen molar-refractivity contribution >= 4 is 34.2 Å². The number of hydrogen-bond acceptors (Lipinski definition) is 4. The molecule has 0 radical (unpaired) electrons. The molecule has 0 fully saturated rings. The Labute approximate surface area is 157 Å². The number of hydrogen-bond donors (Lipinski definition) is 2. The van der Waals surface area contributed by atoms with Gasteiger partial charge in [-0.1, -0.05) is 24.2 Å². The zero-order chi connectivity index (χ0) is 19.6. The summed E-state index contributed by atoms with van der Waals surface area (Å²) in [4.78, 5) is 23.9. The van der Waals surface area contributed by atoms with E-state index in [0.717, 1.165) is 28.5 Å². The molecule has 2 N–H and O–H groups in total. The maximum Gasteiger partial charge on any atom is 0.230 e. The van der Waals surface area contributed by atoms with Crippen molar-refractivity contribution in [3.05, 3.63) is 52.7 Å². The van der Waals surface area contributed by atoms with E-state index in [1.807, 2.05) is 45.0 Å². The Balaban J connectivity index is 1.83. The predicted octanol–water partition coefficient (Wildman–Crippen LogP) is 4.15. The van der Waals surface area contributed by atoms with Crippen molar-refractivity contribution in [3.63, 3.8) is 0 Å². The van der Waals surface area contributed by atoms with Gasteiger partial charge >= 0.3 is 0 Å². The molecule has 2 amide bonds. The van der Waals surface area contributed by atoms with E-state index < -0.39 is 0 Å². The number of amides is 2. The minimum Gasteiger partial charge on any atom is -0.356 e. The Morgan fingerprint density at radius 3 is 2.59 bits per heavy atom. The summed E-state index contributed by atoms with van der Waals surface area (Å²) in [7, 11) is 0. The van der Waals surface area contributed by atoms with Crippen molar-refractivity contribution in [3.8, 4) is 0 Å². The quantitative estimate of drug-likeness (QED) is 0.711. The van der Waals surface area contributed by atoms with Gasteiger partial charge in [0.25, 0.3) is 0 Å². The summed E-state index contributed by atoms with van der Waals surface area (Å²) >= 11 is 0. The molecule has 0 atom stereocenters. The van der Waals surface area contributed by atoms with Gasteiger partial charge in [-0.05, 0) is 55.2 Å². The summed E-state index contributed by atoms with van der Waals surface area (Å²) < 4.78 is 5.39. The normalized spacial score (nSPS) is 10.8. The third kappa shape index (κ3) is 4.16. The number of carbonyl (C=O) groups excluding carboxylic acids is 2. The predicted molar refractivity (Wildman–Crippen MR) is 106 cm³/mol. The molecule has 2 aromatic carbocycles. The van der Waals surface area contributed by atoms with Crippen LogP contribution in [-0.4, -0.2) is 17.0 Å². The Hall–Kier alpha value is -3.15. The fourth-order valence-electron chi connectivity index (χ4n) is 3.27. The molecule has 3 rings (SSSR count). The SMILES string of the molecule is CCc1ccc(NC(C)=O)cc1NC(=O)Cc1noc2cc(C)cc(C)c12. The van der Waals surface area contributed by atoms with E-state index in [2.05, 4.69) is 15.8 Å². The van der Waals surface area contributed by atoms with Gasteiger partial charge in [-0.3, -0.25) is 9.59 Å². The summed E-state index contributed by atoms with van der Waals surface area (Å²) in [5.74, 6) is -0.337.